The molecule has 0 radical (unpaired) electrons. The van der Waals surface area contributed by atoms with E-state index >= 15 is 0 Å². The Morgan fingerprint density at radius 2 is 1.80 bits per heavy atom. The molecule has 0 unspecified atom stereocenters. The molecule has 1 aliphatic rings. The van der Waals surface area contributed by atoms with Crippen LogP contribution in [0.3, 0.4) is 0 Å². The Bertz CT molecular complexity index is 599. The van der Waals surface area contributed by atoms with Gasteiger partial charge in [-0.3, -0.25) is 19.3 Å². The number of benzene rings is 1. The van der Waals surface area contributed by atoms with E-state index in [9.17, 15) is 14.4 Å². The normalized spacial score (nSPS) is 14.9. The van der Waals surface area contributed by atoms with Gasteiger partial charge in [-0.25, -0.2) is 0 Å². The van der Waals surface area contributed by atoms with Crippen LogP contribution >= 0.6 is 0 Å². The van der Waals surface area contributed by atoms with Crippen molar-refractivity contribution >= 4 is 23.4 Å². The minimum atomic E-state index is -1.21. The van der Waals surface area contributed by atoms with Gasteiger partial charge in [0, 0.05) is 6.08 Å². The van der Waals surface area contributed by atoms with E-state index in [-0.39, 0.29) is 5.57 Å². The van der Waals surface area contributed by atoms with E-state index in [0.29, 0.717) is 11.5 Å². The molecule has 1 N–H and O–H groups in total. The zero-order chi connectivity index (χ0) is 14.9. The van der Waals surface area contributed by atoms with Gasteiger partial charge in [-0.1, -0.05) is 38.1 Å². The summed E-state index contributed by atoms with van der Waals surface area (Å²) in [6, 6.07) is 7.35. The van der Waals surface area contributed by atoms with Gasteiger partial charge < -0.3 is 5.11 Å². The van der Waals surface area contributed by atoms with Gasteiger partial charge in [0.2, 0.25) is 0 Å². The summed E-state index contributed by atoms with van der Waals surface area (Å²) >= 11 is 0. The van der Waals surface area contributed by atoms with Crippen molar-refractivity contribution in [2.45, 2.75) is 19.8 Å². The Kier molecular flexibility index (Phi) is 3.70. The van der Waals surface area contributed by atoms with Gasteiger partial charge in [-0.15, -0.1) is 0 Å². The van der Waals surface area contributed by atoms with Crippen LogP contribution in [0.2, 0.25) is 0 Å². The molecular formula is C15H15NO4. The number of carboxylic acid groups (broad SMARTS) is 1. The highest BCUT2D eigenvalue weighted by atomic mass is 16.4. The van der Waals surface area contributed by atoms with Crippen molar-refractivity contribution in [1.82, 2.24) is 4.90 Å². The fraction of sp³-hybridized carbons (Fsp3) is 0.267. The fourth-order valence-corrected chi connectivity index (χ4v) is 2.05. The number of imide groups is 1. The average Bonchev–Trinajstić information content (AvgIpc) is 2.66. The summed E-state index contributed by atoms with van der Waals surface area (Å²) in [5, 5.41) is 8.69. The van der Waals surface area contributed by atoms with E-state index in [1.807, 2.05) is 12.1 Å². The van der Waals surface area contributed by atoms with Gasteiger partial charge in [0.1, 0.15) is 6.54 Å². The second-order valence-corrected chi connectivity index (χ2v) is 4.96. The van der Waals surface area contributed by atoms with E-state index < -0.39 is 24.3 Å². The summed E-state index contributed by atoms with van der Waals surface area (Å²) in [6.45, 7) is 3.52. The van der Waals surface area contributed by atoms with Crippen molar-refractivity contribution in [2.24, 2.45) is 0 Å². The van der Waals surface area contributed by atoms with E-state index in [2.05, 4.69) is 13.8 Å². The van der Waals surface area contributed by atoms with Crippen LogP contribution in [0.5, 0.6) is 0 Å². The Morgan fingerprint density at radius 1 is 1.20 bits per heavy atom. The minimum absolute atomic E-state index is 0.242. The summed E-state index contributed by atoms with van der Waals surface area (Å²) in [5.41, 5.74) is 2.00. The van der Waals surface area contributed by atoms with Crippen molar-refractivity contribution < 1.29 is 19.5 Å². The monoisotopic (exact) mass is 273 g/mol. The summed E-state index contributed by atoms with van der Waals surface area (Å²) in [5.74, 6) is -1.98. The predicted octanol–water partition coefficient (Wildman–Crippen LogP) is 1.65. The van der Waals surface area contributed by atoms with Crippen molar-refractivity contribution in [3.63, 3.8) is 0 Å². The Morgan fingerprint density at radius 3 is 2.30 bits per heavy atom. The fourth-order valence-electron chi connectivity index (χ4n) is 2.05. The lowest BCUT2D eigenvalue weighted by Crippen LogP contribution is -2.35. The molecule has 0 saturated carbocycles. The second-order valence-electron chi connectivity index (χ2n) is 4.96. The summed E-state index contributed by atoms with van der Waals surface area (Å²) < 4.78 is 0. The van der Waals surface area contributed by atoms with Crippen molar-refractivity contribution in [3.05, 3.63) is 41.5 Å². The number of carbonyl (C=O) groups is 3. The van der Waals surface area contributed by atoms with E-state index in [0.717, 1.165) is 10.5 Å². The molecule has 104 valence electrons. The number of nitrogens with zero attached hydrogens (tertiary/aromatic N) is 1. The highest BCUT2D eigenvalue weighted by Crippen LogP contribution is 2.25. The van der Waals surface area contributed by atoms with Gasteiger partial charge in [-0.05, 0) is 17.0 Å². The van der Waals surface area contributed by atoms with Crippen molar-refractivity contribution in [3.8, 4) is 0 Å². The van der Waals surface area contributed by atoms with Crippen LogP contribution in [0, 0.1) is 0 Å². The SMILES string of the molecule is CC(C)c1ccc(C2=CC(=O)N(CC(=O)O)C2=O)cc1. The quantitative estimate of drug-likeness (QED) is 0.846. The summed E-state index contributed by atoms with van der Waals surface area (Å²) in [6.07, 6.45) is 1.19. The van der Waals surface area contributed by atoms with Crippen LogP contribution in [0.1, 0.15) is 30.9 Å². The number of hydrogen-bond acceptors (Lipinski definition) is 3. The second kappa shape index (κ2) is 5.28. The van der Waals surface area contributed by atoms with Crippen LogP contribution in [-0.2, 0) is 14.4 Å². The molecule has 0 bridgehead atoms. The first-order valence-corrected chi connectivity index (χ1v) is 6.30. The predicted molar refractivity (Wildman–Crippen MR) is 72.9 cm³/mol. The molecule has 1 aromatic carbocycles. The third-order valence-corrected chi connectivity index (χ3v) is 3.19. The number of hydrogen-bond donors (Lipinski definition) is 1. The van der Waals surface area contributed by atoms with E-state index in [4.69, 9.17) is 5.11 Å². The maximum atomic E-state index is 12.0. The molecule has 0 aromatic heterocycles. The molecule has 1 aromatic rings. The number of carbonyl (C=O) groups excluding carboxylic acids is 2. The van der Waals surface area contributed by atoms with E-state index in [1.54, 1.807) is 12.1 Å². The molecule has 0 saturated heterocycles. The molecule has 2 rings (SSSR count). The van der Waals surface area contributed by atoms with Gasteiger partial charge in [0.05, 0.1) is 5.57 Å². The number of amides is 2. The van der Waals surface area contributed by atoms with Gasteiger partial charge in [0.25, 0.3) is 11.8 Å². The lowest BCUT2D eigenvalue weighted by Gasteiger charge is -2.12. The van der Waals surface area contributed by atoms with Crippen LogP contribution in [0.15, 0.2) is 30.3 Å². The minimum Gasteiger partial charge on any atom is -0.480 e. The maximum absolute atomic E-state index is 12.0. The largest absolute Gasteiger partial charge is 0.480 e. The zero-order valence-corrected chi connectivity index (χ0v) is 11.3. The summed E-state index contributed by atoms with van der Waals surface area (Å²) in [7, 11) is 0. The van der Waals surface area contributed by atoms with Gasteiger partial charge in [0.15, 0.2) is 0 Å². The molecule has 2 amide bonds. The first-order chi connectivity index (χ1) is 9.40. The number of rotatable bonds is 4. The van der Waals surface area contributed by atoms with Crippen LogP contribution in [-0.4, -0.2) is 34.3 Å². The topological polar surface area (TPSA) is 74.7 Å². The number of aliphatic carboxylic acids is 1. The van der Waals surface area contributed by atoms with Crippen molar-refractivity contribution in [1.29, 1.82) is 0 Å². The van der Waals surface area contributed by atoms with Crippen LogP contribution < -0.4 is 0 Å². The Labute approximate surface area is 116 Å². The molecule has 20 heavy (non-hydrogen) atoms. The highest BCUT2D eigenvalue weighted by molar-refractivity contribution is 6.33. The van der Waals surface area contributed by atoms with E-state index in [1.165, 1.54) is 6.08 Å². The molecule has 0 fully saturated rings. The molecule has 0 atom stereocenters. The van der Waals surface area contributed by atoms with Crippen LogP contribution in [0.4, 0.5) is 0 Å². The molecule has 5 nitrogen and oxygen atoms in total. The van der Waals surface area contributed by atoms with Crippen LogP contribution in [0.25, 0.3) is 5.57 Å². The number of carboxylic acids is 1. The lowest BCUT2D eigenvalue weighted by molar-refractivity contribution is -0.147. The first-order valence-electron chi connectivity index (χ1n) is 6.30. The molecular weight excluding hydrogens is 258 g/mol. The zero-order valence-electron chi connectivity index (χ0n) is 11.3. The molecule has 0 spiro atoms. The summed E-state index contributed by atoms with van der Waals surface area (Å²) in [4.78, 5) is 35.1. The lowest BCUT2D eigenvalue weighted by atomic mass is 9.99. The molecule has 0 aliphatic carbocycles. The Balaban J connectivity index is 2.25. The average molecular weight is 273 g/mol. The Hall–Kier alpha value is -2.43. The molecule has 1 heterocycles. The maximum Gasteiger partial charge on any atom is 0.323 e. The molecule has 1 aliphatic heterocycles. The standard InChI is InChI=1S/C15H15NO4/c1-9(2)10-3-5-11(6-4-10)12-7-13(17)16(15(12)20)8-14(18)19/h3-7,9H,8H2,1-2H3,(H,18,19). The highest BCUT2D eigenvalue weighted by Gasteiger charge is 2.32. The van der Waals surface area contributed by atoms with Crippen molar-refractivity contribution in [2.75, 3.05) is 6.54 Å². The molecule has 5 heteroatoms. The van der Waals surface area contributed by atoms with Gasteiger partial charge in [-0.2, -0.15) is 0 Å². The first kappa shape index (κ1) is 14.0. The smallest absolute Gasteiger partial charge is 0.323 e. The third-order valence-electron chi connectivity index (χ3n) is 3.19. The van der Waals surface area contributed by atoms with Gasteiger partial charge >= 0.3 is 5.97 Å². The third kappa shape index (κ3) is 2.61.